The Morgan fingerprint density at radius 2 is 1.38 bits per heavy atom. The summed E-state index contributed by atoms with van der Waals surface area (Å²) >= 11 is 0. The number of carbonyl (C=O) groups excluding carboxylic acids is 3. The molecule has 17 nitrogen and oxygen atoms in total. The molecule has 0 aliphatic rings. The van der Waals surface area contributed by atoms with E-state index in [1.807, 2.05) is 0 Å². The summed E-state index contributed by atoms with van der Waals surface area (Å²) in [6.45, 7) is 0.173. The van der Waals surface area contributed by atoms with Gasteiger partial charge in [0.2, 0.25) is 17.7 Å². The summed E-state index contributed by atoms with van der Waals surface area (Å²) in [5.74, 6) is -7.79. The number of carbonyl (C=O) groups is 6. The highest BCUT2D eigenvalue weighted by Gasteiger charge is 2.33. The molecule has 4 atom stereocenters. The minimum absolute atomic E-state index is 0.0844. The average molecular weight is 591 g/mol. The molecule has 2 aromatic rings. The van der Waals surface area contributed by atoms with Gasteiger partial charge in [0.15, 0.2) is 5.96 Å². The van der Waals surface area contributed by atoms with Crippen LogP contribution in [-0.4, -0.2) is 92.6 Å². The van der Waals surface area contributed by atoms with Crippen LogP contribution in [0, 0.1) is 0 Å². The average Bonchev–Trinajstić information content (AvgIpc) is 3.31. The number of hydrogen-bond donors (Lipinski definition) is 10. The van der Waals surface area contributed by atoms with E-state index in [1.165, 1.54) is 0 Å². The number of aliphatic imine (C=N–C) groups is 1. The summed E-state index contributed by atoms with van der Waals surface area (Å²) in [6, 6.07) is 0.850. The Bertz CT molecular complexity index is 1340. The molecule has 2 rings (SSSR count). The van der Waals surface area contributed by atoms with Crippen molar-refractivity contribution in [2.45, 2.75) is 56.3 Å². The van der Waals surface area contributed by atoms with Crippen LogP contribution in [0.3, 0.4) is 0 Å². The van der Waals surface area contributed by atoms with Gasteiger partial charge in [0.1, 0.15) is 18.1 Å². The first kappa shape index (κ1) is 33.0. The molecule has 0 aliphatic carbocycles. The number of para-hydroxylation sites is 1. The minimum atomic E-state index is -1.80. The zero-order valence-electron chi connectivity index (χ0n) is 22.4. The molecule has 0 saturated carbocycles. The van der Waals surface area contributed by atoms with Gasteiger partial charge in [0.05, 0.1) is 18.9 Å². The number of aromatic amines is 1. The van der Waals surface area contributed by atoms with Crippen LogP contribution in [0.5, 0.6) is 0 Å². The van der Waals surface area contributed by atoms with Gasteiger partial charge in [0, 0.05) is 30.1 Å². The number of hydrogen-bond acceptors (Lipinski definition) is 8. The highest BCUT2D eigenvalue weighted by molar-refractivity contribution is 5.97. The lowest BCUT2D eigenvalue weighted by molar-refractivity contribution is -0.145. The van der Waals surface area contributed by atoms with Crippen molar-refractivity contribution in [2.75, 3.05) is 6.54 Å². The summed E-state index contributed by atoms with van der Waals surface area (Å²) in [4.78, 5) is 79.9. The van der Waals surface area contributed by atoms with Gasteiger partial charge in [-0.25, -0.2) is 4.79 Å². The molecule has 1 heterocycles. The van der Waals surface area contributed by atoms with E-state index in [0.717, 1.165) is 10.9 Å². The Hall–Kier alpha value is -5.19. The third-order valence-electron chi connectivity index (χ3n) is 6.04. The third kappa shape index (κ3) is 10.4. The second-order valence-corrected chi connectivity index (χ2v) is 9.34. The molecule has 13 N–H and O–H groups in total. The standard InChI is InChI=1S/C25H34N8O9/c26-14(5-3-7-29-25(27)28)21(38)31-16(9-19(34)35)22(39)32-17(10-20(36)37)23(40)33-18(24(41)42)8-12-11-30-15-6-2-1-4-13(12)15/h1-2,4,6,11,14,16-18,30H,3,5,7-10,26H2,(H,31,38)(H,32,39)(H,33,40)(H,34,35)(H,36,37)(H,41,42)(H4,27,28,29). The highest BCUT2D eigenvalue weighted by atomic mass is 16.4. The fourth-order valence-corrected chi connectivity index (χ4v) is 3.96. The second-order valence-electron chi connectivity index (χ2n) is 9.34. The molecule has 228 valence electrons. The van der Waals surface area contributed by atoms with E-state index < -0.39 is 72.6 Å². The molecule has 0 spiro atoms. The summed E-state index contributed by atoms with van der Waals surface area (Å²) in [7, 11) is 0. The quantitative estimate of drug-likeness (QED) is 0.0523. The van der Waals surface area contributed by atoms with Crippen LogP contribution >= 0.6 is 0 Å². The van der Waals surface area contributed by atoms with Crippen molar-refractivity contribution in [1.29, 1.82) is 0 Å². The van der Waals surface area contributed by atoms with Gasteiger partial charge >= 0.3 is 17.9 Å². The van der Waals surface area contributed by atoms with Crippen LogP contribution in [0.15, 0.2) is 35.5 Å². The number of nitrogens with zero attached hydrogens (tertiary/aromatic N) is 1. The molecule has 0 radical (unpaired) electrons. The van der Waals surface area contributed by atoms with E-state index in [0.29, 0.717) is 12.0 Å². The lowest BCUT2D eigenvalue weighted by Crippen LogP contribution is -2.58. The van der Waals surface area contributed by atoms with Crippen LogP contribution in [0.1, 0.15) is 31.2 Å². The molecular weight excluding hydrogens is 556 g/mol. The number of amides is 3. The van der Waals surface area contributed by atoms with Crippen LogP contribution in [-0.2, 0) is 35.2 Å². The largest absolute Gasteiger partial charge is 0.481 e. The minimum Gasteiger partial charge on any atom is -0.481 e. The first-order chi connectivity index (χ1) is 19.8. The maximum atomic E-state index is 13.0. The number of benzene rings is 1. The summed E-state index contributed by atoms with van der Waals surface area (Å²) in [6.07, 6.45) is -0.0911. The summed E-state index contributed by atoms with van der Waals surface area (Å²) in [5.41, 5.74) is 17.5. The first-order valence-electron chi connectivity index (χ1n) is 12.7. The number of aliphatic carboxylic acids is 3. The van der Waals surface area contributed by atoms with Crippen molar-refractivity contribution in [3.8, 4) is 0 Å². The van der Waals surface area contributed by atoms with E-state index in [4.69, 9.17) is 17.2 Å². The van der Waals surface area contributed by atoms with Crippen LogP contribution < -0.4 is 33.2 Å². The molecule has 0 fully saturated rings. The van der Waals surface area contributed by atoms with Crippen LogP contribution in [0.2, 0.25) is 0 Å². The van der Waals surface area contributed by atoms with Crippen LogP contribution in [0.25, 0.3) is 10.9 Å². The van der Waals surface area contributed by atoms with Crippen molar-refractivity contribution in [1.82, 2.24) is 20.9 Å². The zero-order chi connectivity index (χ0) is 31.4. The van der Waals surface area contributed by atoms with E-state index in [2.05, 4.69) is 25.9 Å². The summed E-state index contributed by atoms with van der Waals surface area (Å²) in [5, 5.41) is 35.5. The van der Waals surface area contributed by atoms with Gasteiger partial charge in [-0.3, -0.25) is 29.0 Å². The topological polar surface area (TPSA) is 305 Å². The Labute approximate surface area is 238 Å². The van der Waals surface area contributed by atoms with Gasteiger partial charge in [-0.05, 0) is 24.5 Å². The Kier molecular flexibility index (Phi) is 12.2. The molecule has 17 heteroatoms. The van der Waals surface area contributed by atoms with Crippen molar-refractivity contribution >= 4 is 52.5 Å². The van der Waals surface area contributed by atoms with Crippen molar-refractivity contribution < 1.29 is 44.1 Å². The second kappa shape index (κ2) is 15.6. The number of nitrogens with two attached hydrogens (primary N) is 3. The number of aromatic nitrogens is 1. The van der Waals surface area contributed by atoms with E-state index >= 15 is 0 Å². The maximum absolute atomic E-state index is 13.0. The zero-order valence-corrected chi connectivity index (χ0v) is 22.4. The highest BCUT2D eigenvalue weighted by Crippen LogP contribution is 2.19. The Morgan fingerprint density at radius 3 is 1.93 bits per heavy atom. The number of guanidine groups is 1. The number of carboxylic acids is 3. The van der Waals surface area contributed by atoms with E-state index in [1.54, 1.807) is 30.5 Å². The number of nitrogens with one attached hydrogen (secondary N) is 4. The molecule has 4 unspecified atom stereocenters. The fourth-order valence-electron chi connectivity index (χ4n) is 3.96. The van der Waals surface area contributed by atoms with Crippen LogP contribution in [0.4, 0.5) is 0 Å². The molecule has 1 aromatic carbocycles. The molecule has 42 heavy (non-hydrogen) atoms. The van der Waals surface area contributed by atoms with Gasteiger partial charge in [-0.1, -0.05) is 18.2 Å². The smallest absolute Gasteiger partial charge is 0.326 e. The van der Waals surface area contributed by atoms with Crippen molar-refractivity contribution in [3.05, 3.63) is 36.0 Å². The molecule has 0 aliphatic heterocycles. The predicted octanol–water partition coefficient (Wildman–Crippen LogP) is -2.42. The van der Waals surface area contributed by atoms with Gasteiger partial charge in [0.25, 0.3) is 0 Å². The first-order valence-corrected chi connectivity index (χ1v) is 12.7. The number of H-pyrrole nitrogens is 1. The number of carboxylic acid groups (broad SMARTS) is 3. The molecule has 0 saturated heterocycles. The van der Waals surface area contributed by atoms with E-state index in [-0.39, 0.29) is 25.3 Å². The fraction of sp³-hybridized carbons (Fsp3) is 0.400. The molecular formula is C25H34N8O9. The molecule has 0 bridgehead atoms. The van der Waals surface area contributed by atoms with Gasteiger partial charge < -0.3 is 53.5 Å². The number of fused-ring (bicyclic) bond motifs is 1. The monoisotopic (exact) mass is 590 g/mol. The lowest BCUT2D eigenvalue weighted by atomic mass is 10.0. The predicted molar refractivity (Wildman–Crippen MR) is 148 cm³/mol. The maximum Gasteiger partial charge on any atom is 0.326 e. The molecule has 3 amide bonds. The van der Waals surface area contributed by atoms with E-state index in [9.17, 15) is 44.1 Å². The lowest BCUT2D eigenvalue weighted by Gasteiger charge is -2.24. The van der Waals surface area contributed by atoms with Crippen molar-refractivity contribution in [2.24, 2.45) is 22.2 Å². The number of rotatable bonds is 17. The molecule has 1 aromatic heterocycles. The van der Waals surface area contributed by atoms with Gasteiger partial charge in [-0.15, -0.1) is 0 Å². The van der Waals surface area contributed by atoms with Gasteiger partial charge in [-0.2, -0.15) is 0 Å². The summed E-state index contributed by atoms with van der Waals surface area (Å²) < 4.78 is 0. The normalized spacial score (nSPS) is 13.6. The third-order valence-corrected chi connectivity index (χ3v) is 6.04. The Balaban J connectivity index is 2.13. The van der Waals surface area contributed by atoms with Crippen molar-refractivity contribution in [3.63, 3.8) is 0 Å². The Morgan fingerprint density at radius 1 is 0.833 bits per heavy atom. The SMILES string of the molecule is NC(N)=NCCCC(N)C(=O)NC(CC(=O)O)C(=O)NC(CC(=O)O)C(=O)NC(Cc1c[nH]c2ccccc12)C(=O)O.